The van der Waals surface area contributed by atoms with Crippen LogP contribution in [0.5, 0.6) is 0 Å². The zero-order valence-electron chi connectivity index (χ0n) is 11.7. The number of hydrogen-bond donors (Lipinski definition) is 2. The van der Waals surface area contributed by atoms with Crippen LogP contribution >= 0.6 is 11.3 Å². The molecule has 1 aromatic rings. The van der Waals surface area contributed by atoms with Crippen LogP contribution < -0.4 is 10.6 Å². The van der Waals surface area contributed by atoms with Crippen molar-refractivity contribution in [2.24, 2.45) is 5.92 Å². The lowest BCUT2D eigenvalue weighted by atomic mass is 9.90. The number of hydrogen-bond acceptors (Lipinski definition) is 3. The van der Waals surface area contributed by atoms with Crippen molar-refractivity contribution >= 4 is 23.2 Å². The Balaban J connectivity index is 1.55. The molecule has 2 N–H and O–H groups in total. The van der Waals surface area contributed by atoms with Crippen LogP contribution in [0.15, 0.2) is 6.07 Å². The molecule has 1 fully saturated rings. The van der Waals surface area contributed by atoms with Crippen LogP contribution in [0.1, 0.15) is 46.3 Å². The highest BCUT2D eigenvalue weighted by molar-refractivity contribution is 7.14. The molecular weight excluding hydrogens is 272 g/mol. The first-order valence-corrected chi connectivity index (χ1v) is 8.12. The van der Waals surface area contributed by atoms with E-state index in [1.165, 1.54) is 16.9 Å². The van der Waals surface area contributed by atoms with E-state index in [9.17, 15) is 9.59 Å². The normalized spacial score (nSPS) is 21.1. The van der Waals surface area contributed by atoms with Gasteiger partial charge in [-0.3, -0.25) is 9.59 Å². The average molecular weight is 292 g/mol. The number of rotatable bonds is 4. The first-order chi connectivity index (χ1) is 9.61. The third-order valence-corrected chi connectivity index (χ3v) is 5.14. The van der Waals surface area contributed by atoms with E-state index in [1.807, 2.05) is 6.07 Å². The summed E-state index contributed by atoms with van der Waals surface area (Å²) in [7, 11) is 0. The Kier molecular flexibility index (Phi) is 3.78. The Bertz CT molecular complexity index is 534. The van der Waals surface area contributed by atoms with E-state index >= 15 is 0 Å². The van der Waals surface area contributed by atoms with Crippen LogP contribution in [0.25, 0.3) is 0 Å². The monoisotopic (exact) mass is 292 g/mol. The molecule has 0 bridgehead atoms. The maximum absolute atomic E-state index is 12.1. The first-order valence-electron chi connectivity index (χ1n) is 7.31. The molecule has 0 unspecified atom stereocenters. The number of amides is 2. The van der Waals surface area contributed by atoms with Crippen molar-refractivity contribution in [3.8, 4) is 0 Å². The molecular formula is C15H20N2O2S. The second kappa shape index (κ2) is 5.56. The van der Waals surface area contributed by atoms with Crippen LogP contribution in [0.2, 0.25) is 0 Å². The van der Waals surface area contributed by atoms with Gasteiger partial charge >= 0.3 is 0 Å². The molecule has 3 rings (SSSR count). The molecule has 2 amide bonds. The van der Waals surface area contributed by atoms with Crippen LogP contribution in [0, 0.1) is 5.92 Å². The molecule has 0 radical (unpaired) electrons. The minimum atomic E-state index is -0.122. The molecule has 1 atom stereocenters. The summed E-state index contributed by atoms with van der Waals surface area (Å²) in [6, 6.07) is 2.35. The Hall–Kier alpha value is -1.36. The topological polar surface area (TPSA) is 58.2 Å². The van der Waals surface area contributed by atoms with Gasteiger partial charge in [-0.25, -0.2) is 0 Å². The first kappa shape index (κ1) is 13.6. The summed E-state index contributed by atoms with van der Waals surface area (Å²) in [5, 5.41) is 5.58. The van der Waals surface area contributed by atoms with Gasteiger partial charge in [-0.15, -0.1) is 11.3 Å². The van der Waals surface area contributed by atoms with Gasteiger partial charge in [0.1, 0.15) is 0 Å². The lowest BCUT2D eigenvalue weighted by Gasteiger charge is -2.16. The predicted octanol–water partition coefficient (Wildman–Crippen LogP) is 1.88. The minimum Gasteiger partial charge on any atom is -0.352 e. The van der Waals surface area contributed by atoms with Gasteiger partial charge in [0.15, 0.2) is 0 Å². The Morgan fingerprint density at radius 1 is 1.35 bits per heavy atom. The van der Waals surface area contributed by atoms with Gasteiger partial charge in [0, 0.05) is 10.9 Å². The summed E-state index contributed by atoms with van der Waals surface area (Å²) in [6.07, 6.45) is 5.49. The number of fused-ring (bicyclic) bond motifs is 1. The Morgan fingerprint density at radius 2 is 2.15 bits per heavy atom. The maximum atomic E-state index is 12.1. The molecule has 1 heterocycles. The molecule has 1 saturated carbocycles. The zero-order valence-corrected chi connectivity index (χ0v) is 12.5. The van der Waals surface area contributed by atoms with Crippen LogP contribution in [0.3, 0.4) is 0 Å². The van der Waals surface area contributed by atoms with E-state index in [4.69, 9.17) is 0 Å². The number of nitrogens with one attached hydrogen (secondary N) is 2. The second-order valence-corrected chi connectivity index (χ2v) is 7.07. The van der Waals surface area contributed by atoms with Gasteiger partial charge in [-0.05, 0) is 49.7 Å². The molecule has 2 aliphatic rings. The van der Waals surface area contributed by atoms with Crippen molar-refractivity contribution < 1.29 is 9.59 Å². The van der Waals surface area contributed by atoms with Gasteiger partial charge in [0.25, 0.3) is 5.91 Å². The highest BCUT2D eigenvalue weighted by atomic mass is 32.1. The summed E-state index contributed by atoms with van der Waals surface area (Å²) >= 11 is 1.58. The van der Waals surface area contributed by atoms with E-state index in [1.54, 1.807) is 11.3 Å². The quantitative estimate of drug-likeness (QED) is 0.890. The van der Waals surface area contributed by atoms with Crippen molar-refractivity contribution in [3.63, 3.8) is 0 Å². The largest absolute Gasteiger partial charge is 0.352 e. The van der Waals surface area contributed by atoms with Crippen molar-refractivity contribution in [2.75, 3.05) is 6.54 Å². The van der Waals surface area contributed by atoms with E-state index in [-0.39, 0.29) is 18.4 Å². The van der Waals surface area contributed by atoms with E-state index in [0.29, 0.717) is 12.0 Å². The van der Waals surface area contributed by atoms with Crippen LogP contribution in [-0.4, -0.2) is 24.4 Å². The fourth-order valence-electron chi connectivity index (χ4n) is 2.57. The zero-order chi connectivity index (χ0) is 14.1. The SMILES string of the molecule is C[C@H]1CCc2sc(C(=O)NCC(=O)NC3CC3)cc2C1. The van der Waals surface area contributed by atoms with Gasteiger partial charge < -0.3 is 10.6 Å². The highest BCUT2D eigenvalue weighted by Gasteiger charge is 2.24. The molecule has 0 saturated heterocycles. The van der Waals surface area contributed by atoms with Gasteiger partial charge in [-0.2, -0.15) is 0 Å². The fourth-order valence-corrected chi connectivity index (χ4v) is 3.70. The maximum Gasteiger partial charge on any atom is 0.261 e. The summed E-state index contributed by atoms with van der Waals surface area (Å²) in [5.41, 5.74) is 1.32. The number of aryl methyl sites for hydroxylation is 1. The average Bonchev–Trinajstić information content (AvgIpc) is 3.12. The summed E-state index contributed by atoms with van der Waals surface area (Å²) in [6.45, 7) is 2.33. The molecule has 1 aromatic heterocycles. The fraction of sp³-hybridized carbons (Fsp3) is 0.600. The van der Waals surface area contributed by atoms with Crippen molar-refractivity contribution in [1.82, 2.24) is 10.6 Å². The van der Waals surface area contributed by atoms with Gasteiger partial charge in [0.2, 0.25) is 5.91 Å². The molecule has 0 spiro atoms. The standard InChI is InChI=1S/C15H20N2O2S/c1-9-2-5-12-10(6-9)7-13(20-12)15(19)16-8-14(18)17-11-3-4-11/h7,9,11H,2-6,8H2,1H3,(H,16,19)(H,17,18)/t9-/m0/s1. The van der Waals surface area contributed by atoms with E-state index in [2.05, 4.69) is 17.6 Å². The summed E-state index contributed by atoms with van der Waals surface area (Å²) in [5.74, 6) is 0.496. The lowest BCUT2D eigenvalue weighted by Crippen LogP contribution is -2.37. The predicted molar refractivity (Wildman–Crippen MR) is 79.0 cm³/mol. The molecule has 20 heavy (non-hydrogen) atoms. The highest BCUT2D eigenvalue weighted by Crippen LogP contribution is 2.32. The summed E-state index contributed by atoms with van der Waals surface area (Å²) < 4.78 is 0. The van der Waals surface area contributed by atoms with Crippen LogP contribution in [0.4, 0.5) is 0 Å². The Morgan fingerprint density at radius 3 is 2.90 bits per heavy atom. The Labute approximate surface area is 122 Å². The number of carbonyl (C=O) groups is 2. The van der Waals surface area contributed by atoms with Gasteiger partial charge in [-0.1, -0.05) is 6.92 Å². The number of carbonyl (C=O) groups excluding carboxylic acids is 2. The van der Waals surface area contributed by atoms with E-state index in [0.717, 1.165) is 30.6 Å². The minimum absolute atomic E-state index is 0.0777. The van der Waals surface area contributed by atoms with Crippen LogP contribution in [-0.2, 0) is 17.6 Å². The van der Waals surface area contributed by atoms with Gasteiger partial charge in [0.05, 0.1) is 11.4 Å². The number of thiophene rings is 1. The lowest BCUT2D eigenvalue weighted by molar-refractivity contribution is -0.120. The molecule has 108 valence electrons. The molecule has 0 aliphatic heterocycles. The smallest absolute Gasteiger partial charge is 0.261 e. The second-order valence-electron chi connectivity index (χ2n) is 5.93. The molecule has 5 heteroatoms. The summed E-state index contributed by atoms with van der Waals surface area (Å²) in [4.78, 5) is 25.7. The van der Waals surface area contributed by atoms with E-state index < -0.39 is 0 Å². The van der Waals surface area contributed by atoms with Crippen molar-refractivity contribution in [1.29, 1.82) is 0 Å². The van der Waals surface area contributed by atoms with Crippen molar-refractivity contribution in [3.05, 3.63) is 21.4 Å². The third-order valence-electron chi connectivity index (χ3n) is 3.90. The third kappa shape index (κ3) is 3.20. The molecule has 2 aliphatic carbocycles. The van der Waals surface area contributed by atoms with Crippen molar-refractivity contribution in [2.45, 2.75) is 45.1 Å². The molecule has 4 nitrogen and oxygen atoms in total. The molecule has 0 aromatic carbocycles.